The van der Waals surface area contributed by atoms with Gasteiger partial charge in [0.1, 0.15) is 22.8 Å². The lowest BCUT2D eigenvalue weighted by Gasteiger charge is -2.19. The van der Waals surface area contributed by atoms with E-state index in [1.807, 2.05) is 33.8 Å². The van der Waals surface area contributed by atoms with Crippen LogP contribution in [-0.2, 0) is 4.74 Å². The molecule has 1 amide bonds. The van der Waals surface area contributed by atoms with Crippen molar-refractivity contribution in [1.29, 1.82) is 0 Å². The van der Waals surface area contributed by atoms with Gasteiger partial charge < -0.3 is 14.0 Å². The molecule has 0 fully saturated rings. The van der Waals surface area contributed by atoms with Crippen LogP contribution in [0.15, 0.2) is 53.2 Å². The van der Waals surface area contributed by atoms with Crippen molar-refractivity contribution in [1.82, 2.24) is 10.1 Å². The molecule has 3 aromatic rings. The van der Waals surface area contributed by atoms with Crippen LogP contribution in [-0.4, -0.2) is 21.8 Å². The zero-order valence-electron chi connectivity index (χ0n) is 15.6. The van der Waals surface area contributed by atoms with E-state index < -0.39 is 11.7 Å². The predicted molar refractivity (Wildman–Crippen MR) is 101 cm³/mol. The number of ether oxygens (including phenoxy) is 2. The first-order chi connectivity index (χ1) is 12.8. The maximum Gasteiger partial charge on any atom is 0.412 e. The van der Waals surface area contributed by atoms with Crippen molar-refractivity contribution in [2.24, 2.45) is 0 Å². The Balaban J connectivity index is 1.66. The molecule has 0 aliphatic carbocycles. The average molecular weight is 367 g/mol. The summed E-state index contributed by atoms with van der Waals surface area (Å²) in [6.07, 6.45) is 1.14. The second kappa shape index (κ2) is 7.49. The summed E-state index contributed by atoms with van der Waals surface area (Å²) in [5, 5.41) is 6.54. The number of nitrogens with one attached hydrogen (secondary N) is 1. The Kier molecular flexibility index (Phi) is 5.12. The van der Waals surface area contributed by atoms with Gasteiger partial charge in [-0.25, -0.2) is 4.79 Å². The van der Waals surface area contributed by atoms with Crippen molar-refractivity contribution in [3.05, 3.63) is 54.4 Å². The monoisotopic (exact) mass is 367 g/mol. The number of aryl methyl sites for hydroxylation is 1. The number of nitrogens with zero attached hydrogens (tertiary/aromatic N) is 2. The third-order valence-electron chi connectivity index (χ3n) is 3.35. The molecule has 3 rings (SSSR count). The molecule has 7 heteroatoms. The topological polar surface area (TPSA) is 86.5 Å². The lowest BCUT2D eigenvalue weighted by Crippen LogP contribution is -2.27. The molecule has 2 aromatic heterocycles. The molecule has 0 bridgehead atoms. The van der Waals surface area contributed by atoms with E-state index in [1.54, 1.807) is 42.6 Å². The van der Waals surface area contributed by atoms with Crippen molar-refractivity contribution in [2.45, 2.75) is 33.3 Å². The van der Waals surface area contributed by atoms with Crippen LogP contribution in [0.25, 0.3) is 11.5 Å². The lowest BCUT2D eigenvalue weighted by atomic mass is 10.2. The Bertz CT molecular complexity index is 927. The Hall–Kier alpha value is -3.35. The largest absolute Gasteiger partial charge is 0.457 e. The molecule has 1 aromatic carbocycles. The number of amides is 1. The molecule has 0 spiro atoms. The number of benzene rings is 1. The molecule has 0 radical (unpaired) electrons. The van der Waals surface area contributed by atoms with Gasteiger partial charge in [0.05, 0.1) is 5.69 Å². The maximum atomic E-state index is 11.8. The van der Waals surface area contributed by atoms with Gasteiger partial charge >= 0.3 is 6.09 Å². The molecular weight excluding hydrogens is 346 g/mol. The molecule has 0 unspecified atom stereocenters. The number of rotatable bonds is 4. The third-order valence-corrected chi connectivity index (χ3v) is 3.35. The van der Waals surface area contributed by atoms with Crippen LogP contribution in [0.2, 0.25) is 0 Å². The van der Waals surface area contributed by atoms with Crippen LogP contribution in [0, 0.1) is 6.92 Å². The quantitative estimate of drug-likeness (QED) is 0.683. The highest BCUT2D eigenvalue weighted by molar-refractivity contribution is 5.84. The minimum absolute atomic E-state index is 0.503. The molecule has 140 valence electrons. The van der Waals surface area contributed by atoms with Crippen LogP contribution in [0.5, 0.6) is 11.5 Å². The Morgan fingerprint density at radius 2 is 1.81 bits per heavy atom. The summed E-state index contributed by atoms with van der Waals surface area (Å²) in [6.45, 7) is 7.28. The summed E-state index contributed by atoms with van der Waals surface area (Å²) < 4.78 is 16.3. The van der Waals surface area contributed by atoms with Gasteiger partial charge in [-0.1, -0.05) is 5.16 Å². The van der Waals surface area contributed by atoms with Gasteiger partial charge in [0.15, 0.2) is 5.76 Å². The van der Waals surface area contributed by atoms with E-state index in [4.69, 9.17) is 14.0 Å². The fraction of sp³-hybridized carbons (Fsp3) is 0.250. The maximum absolute atomic E-state index is 11.8. The first-order valence-electron chi connectivity index (χ1n) is 8.46. The second-order valence-corrected chi connectivity index (χ2v) is 6.96. The molecule has 0 aliphatic rings. The van der Waals surface area contributed by atoms with E-state index in [9.17, 15) is 4.79 Å². The first-order valence-corrected chi connectivity index (χ1v) is 8.46. The molecule has 2 heterocycles. The van der Waals surface area contributed by atoms with Gasteiger partial charge in [0.2, 0.25) is 0 Å². The first kappa shape index (κ1) is 18.4. The third kappa shape index (κ3) is 5.31. The van der Waals surface area contributed by atoms with E-state index >= 15 is 0 Å². The summed E-state index contributed by atoms with van der Waals surface area (Å²) in [7, 11) is 0. The number of anilines is 1. The van der Waals surface area contributed by atoms with E-state index in [0.717, 1.165) is 5.69 Å². The van der Waals surface area contributed by atoms with Crippen LogP contribution < -0.4 is 10.1 Å². The summed E-state index contributed by atoms with van der Waals surface area (Å²) >= 11 is 0. The smallest absolute Gasteiger partial charge is 0.412 e. The van der Waals surface area contributed by atoms with E-state index in [2.05, 4.69) is 15.5 Å². The van der Waals surface area contributed by atoms with Gasteiger partial charge in [0.25, 0.3) is 0 Å². The number of pyridine rings is 1. The number of hydrogen-bond donors (Lipinski definition) is 1. The fourth-order valence-electron chi connectivity index (χ4n) is 2.26. The van der Waals surface area contributed by atoms with Crippen molar-refractivity contribution in [2.75, 3.05) is 5.32 Å². The van der Waals surface area contributed by atoms with Gasteiger partial charge in [-0.15, -0.1) is 0 Å². The van der Waals surface area contributed by atoms with E-state index in [0.29, 0.717) is 28.6 Å². The number of aromatic nitrogens is 2. The number of carbonyl (C=O) groups excluding carboxylic acids is 1. The zero-order chi connectivity index (χ0) is 19.4. The normalized spacial score (nSPS) is 11.1. The van der Waals surface area contributed by atoms with Crippen LogP contribution in [0.1, 0.15) is 26.5 Å². The van der Waals surface area contributed by atoms with Crippen LogP contribution in [0.3, 0.4) is 0 Å². The predicted octanol–water partition coefficient (Wildman–Crippen LogP) is 5.18. The van der Waals surface area contributed by atoms with Crippen LogP contribution in [0.4, 0.5) is 10.5 Å². The minimum atomic E-state index is -0.547. The van der Waals surface area contributed by atoms with Crippen molar-refractivity contribution >= 4 is 11.8 Å². The number of carbonyl (C=O) groups is 1. The van der Waals surface area contributed by atoms with Crippen molar-refractivity contribution < 1.29 is 18.8 Å². The summed E-state index contributed by atoms with van der Waals surface area (Å²) in [4.78, 5) is 16.1. The highest BCUT2D eigenvalue weighted by Gasteiger charge is 2.16. The molecule has 0 saturated carbocycles. The van der Waals surface area contributed by atoms with Gasteiger partial charge in [-0.05, 0) is 58.0 Å². The van der Waals surface area contributed by atoms with Gasteiger partial charge in [-0.3, -0.25) is 10.3 Å². The van der Waals surface area contributed by atoms with E-state index in [1.165, 1.54) is 0 Å². The fourth-order valence-corrected chi connectivity index (χ4v) is 2.26. The highest BCUT2D eigenvalue weighted by Crippen LogP contribution is 2.27. The van der Waals surface area contributed by atoms with Crippen LogP contribution >= 0.6 is 0 Å². The summed E-state index contributed by atoms with van der Waals surface area (Å²) in [5.41, 5.74) is 1.49. The SMILES string of the molecule is Cc1cc(-c2cc(Oc3ccc(NC(=O)OC(C)(C)C)cc3)ccn2)on1. The van der Waals surface area contributed by atoms with Crippen molar-refractivity contribution in [3.63, 3.8) is 0 Å². The zero-order valence-corrected chi connectivity index (χ0v) is 15.6. The molecule has 0 aliphatic heterocycles. The Morgan fingerprint density at radius 1 is 1.07 bits per heavy atom. The van der Waals surface area contributed by atoms with Crippen molar-refractivity contribution in [3.8, 4) is 23.0 Å². The second-order valence-electron chi connectivity index (χ2n) is 6.96. The number of hydrogen-bond acceptors (Lipinski definition) is 6. The molecule has 0 saturated heterocycles. The lowest BCUT2D eigenvalue weighted by molar-refractivity contribution is 0.0636. The Labute approximate surface area is 157 Å². The van der Waals surface area contributed by atoms with E-state index in [-0.39, 0.29) is 0 Å². The molecular formula is C20H21N3O4. The standard InChI is InChI=1S/C20H21N3O4/c1-13-11-18(27-23-13)17-12-16(9-10-21-17)25-15-7-5-14(6-8-15)22-19(24)26-20(2,3)4/h5-12H,1-4H3,(H,22,24). The molecule has 7 nitrogen and oxygen atoms in total. The summed E-state index contributed by atoms with van der Waals surface area (Å²) in [5.74, 6) is 1.81. The Morgan fingerprint density at radius 3 is 2.44 bits per heavy atom. The molecule has 0 atom stereocenters. The molecule has 1 N–H and O–H groups in total. The minimum Gasteiger partial charge on any atom is -0.457 e. The average Bonchev–Trinajstić information content (AvgIpc) is 3.02. The molecule has 27 heavy (non-hydrogen) atoms. The summed E-state index contributed by atoms with van der Waals surface area (Å²) in [6, 6.07) is 12.3. The van der Waals surface area contributed by atoms with Gasteiger partial charge in [0, 0.05) is 24.0 Å². The highest BCUT2D eigenvalue weighted by atomic mass is 16.6. The van der Waals surface area contributed by atoms with Gasteiger partial charge in [-0.2, -0.15) is 0 Å².